The predicted molar refractivity (Wildman–Crippen MR) is 85.3 cm³/mol. The molecule has 2 amide bonds. The summed E-state index contributed by atoms with van der Waals surface area (Å²) in [6.07, 6.45) is 1.53. The van der Waals surface area contributed by atoms with Crippen molar-refractivity contribution in [3.05, 3.63) is 71.3 Å². The number of amides is 2. The minimum absolute atomic E-state index is 0.0815. The minimum atomic E-state index is -0.540. The summed E-state index contributed by atoms with van der Waals surface area (Å²) in [5, 5.41) is 2.87. The molecule has 1 aliphatic heterocycles. The number of rotatable bonds is 4. The lowest BCUT2D eigenvalue weighted by molar-refractivity contribution is -0.114. The van der Waals surface area contributed by atoms with E-state index in [-0.39, 0.29) is 11.8 Å². The van der Waals surface area contributed by atoms with E-state index in [0.29, 0.717) is 23.6 Å². The summed E-state index contributed by atoms with van der Waals surface area (Å²) in [4.78, 5) is 26.2. The van der Waals surface area contributed by atoms with Crippen molar-refractivity contribution in [1.82, 2.24) is 10.2 Å². The Morgan fingerprint density at radius 2 is 1.96 bits per heavy atom. The number of Topliss-reactive ketones (excluding diaryl/α,β-unsaturated/α-hetero) is 1. The van der Waals surface area contributed by atoms with E-state index in [4.69, 9.17) is 4.42 Å². The molecule has 1 N–H and O–H groups in total. The highest BCUT2D eigenvalue weighted by Gasteiger charge is 2.35. The van der Waals surface area contributed by atoms with Crippen molar-refractivity contribution in [3.63, 3.8) is 0 Å². The maximum absolute atomic E-state index is 12.5. The molecule has 2 heterocycles. The number of carbonyl (C=O) groups excluding carboxylic acids is 2. The summed E-state index contributed by atoms with van der Waals surface area (Å²) in [6, 6.07) is 12.4. The second-order valence-electron chi connectivity index (χ2n) is 5.52. The van der Waals surface area contributed by atoms with Crippen LogP contribution < -0.4 is 5.32 Å². The van der Waals surface area contributed by atoms with Crippen LogP contribution in [-0.2, 0) is 11.3 Å². The molecule has 1 atom stereocenters. The van der Waals surface area contributed by atoms with Gasteiger partial charge in [-0.3, -0.25) is 9.69 Å². The first kappa shape index (κ1) is 15.1. The van der Waals surface area contributed by atoms with E-state index in [2.05, 4.69) is 5.32 Å². The van der Waals surface area contributed by atoms with E-state index in [1.807, 2.05) is 30.3 Å². The second-order valence-corrected chi connectivity index (χ2v) is 5.52. The van der Waals surface area contributed by atoms with Gasteiger partial charge in [-0.1, -0.05) is 30.3 Å². The van der Waals surface area contributed by atoms with Crippen molar-refractivity contribution in [2.45, 2.75) is 26.4 Å². The number of furan rings is 1. The van der Waals surface area contributed by atoms with Crippen LogP contribution in [0.3, 0.4) is 0 Å². The van der Waals surface area contributed by atoms with Crippen LogP contribution >= 0.6 is 0 Å². The molecule has 1 aromatic carbocycles. The third-order valence-electron chi connectivity index (χ3n) is 3.99. The maximum atomic E-state index is 12.5. The summed E-state index contributed by atoms with van der Waals surface area (Å²) < 4.78 is 5.38. The summed E-state index contributed by atoms with van der Waals surface area (Å²) in [5.74, 6) is 0.476. The van der Waals surface area contributed by atoms with Crippen molar-refractivity contribution >= 4 is 11.8 Å². The van der Waals surface area contributed by atoms with Gasteiger partial charge in [-0.15, -0.1) is 0 Å². The molecule has 2 aromatic rings. The number of urea groups is 1. The van der Waals surface area contributed by atoms with Gasteiger partial charge in [0.2, 0.25) is 0 Å². The fourth-order valence-electron chi connectivity index (χ4n) is 2.86. The van der Waals surface area contributed by atoms with Crippen LogP contribution in [0.25, 0.3) is 0 Å². The number of hydrogen-bond acceptors (Lipinski definition) is 3. The first-order valence-corrected chi connectivity index (χ1v) is 7.45. The van der Waals surface area contributed by atoms with Gasteiger partial charge in [-0.2, -0.15) is 0 Å². The van der Waals surface area contributed by atoms with Gasteiger partial charge in [0.05, 0.1) is 12.8 Å². The average molecular weight is 310 g/mol. The molecule has 118 valence electrons. The van der Waals surface area contributed by atoms with Crippen LogP contribution in [0.4, 0.5) is 4.79 Å². The Labute approximate surface area is 134 Å². The van der Waals surface area contributed by atoms with Crippen LogP contribution in [0.1, 0.15) is 31.2 Å². The molecule has 0 bridgehead atoms. The van der Waals surface area contributed by atoms with Gasteiger partial charge in [0.25, 0.3) is 0 Å². The third kappa shape index (κ3) is 2.90. The average Bonchev–Trinajstić information content (AvgIpc) is 3.05. The van der Waals surface area contributed by atoms with Gasteiger partial charge < -0.3 is 9.73 Å². The number of nitrogens with zero attached hydrogens (tertiary/aromatic N) is 1. The molecular weight excluding hydrogens is 292 g/mol. The van der Waals surface area contributed by atoms with Gasteiger partial charge in [-0.05, 0) is 31.5 Å². The van der Waals surface area contributed by atoms with Gasteiger partial charge in [0.15, 0.2) is 5.78 Å². The minimum Gasteiger partial charge on any atom is -0.467 e. The lowest BCUT2D eigenvalue weighted by atomic mass is 9.96. The second kappa shape index (κ2) is 6.12. The van der Waals surface area contributed by atoms with Crippen molar-refractivity contribution in [2.24, 2.45) is 0 Å². The molecule has 0 saturated carbocycles. The number of ketones is 1. The lowest BCUT2D eigenvalue weighted by Gasteiger charge is -2.34. The molecule has 0 aliphatic carbocycles. The fraction of sp³-hybridized carbons (Fsp3) is 0.222. The molecule has 1 aliphatic rings. The van der Waals surface area contributed by atoms with Crippen LogP contribution in [0.2, 0.25) is 0 Å². The van der Waals surface area contributed by atoms with E-state index in [9.17, 15) is 9.59 Å². The maximum Gasteiger partial charge on any atom is 0.322 e. The molecule has 0 radical (unpaired) electrons. The highest BCUT2D eigenvalue weighted by Crippen LogP contribution is 2.31. The molecule has 5 heteroatoms. The zero-order valence-electron chi connectivity index (χ0n) is 13.1. The van der Waals surface area contributed by atoms with E-state index in [1.165, 1.54) is 13.2 Å². The van der Waals surface area contributed by atoms with E-state index < -0.39 is 6.04 Å². The van der Waals surface area contributed by atoms with Crippen LogP contribution in [0.15, 0.2) is 64.4 Å². The molecule has 0 saturated heterocycles. The third-order valence-corrected chi connectivity index (χ3v) is 3.99. The molecule has 5 nitrogen and oxygen atoms in total. The summed E-state index contributed by atoms with van der Waals surface area (Å²) in [7, 11) is 0. The van der Waals surface area contributed by atoms with Crippen molar-refractivity contribution in [3.8, 4) is 0 Å². The number of nitrogens with one attached hydrogen (secondary N) is 1. The van der Waals surface area contributed by atoms with Crippen molar-refractivity contribution < 1.29 is 14.0 Å². The zero-order chi connectivity index (χ0) is 16.4. The number of benzene rings is 1. The van der Waals surface area contributed by atoms with Crippen LogP contribution in [-0.4, -0.2) is 16.7 Å². The summed E-state index contributed by atoms with van der Waals surface area (Å²) in [5.41, 5.74) is 2.21. The molecule has 1 unspecified atom stereocenters. The molecule has 0 spiro atoms. The van der Waals surface area contributed by atoms with Gasteiger partial charge in [-0.25, -0.2) is 4.79 Å². The van der Waals surface area contributed by atoms with E-state index >= 15 is 0 Å². The molecular formula is C18H18N2O3. The monoisotopic (exact) mass is 310 g/mol. The molecule has 23 heavy (non-hydrogen) atoms. The van der Waals surface area contributed by atoms with Gasteiger partial charge in [0.1, 0.15) is 11.8 Å². The van der Waals surface area contributed by atoms with Crippen molar-refractivity contribution in [1.29, 1.82) is 0 Å². The van der Waals surface area contributed by atoms with Gasteiger partial charge >= 0.3 is 6.03 Å². The van der Waals surface area contributed by atoms with E-state index in [0.717, 1.165) is 5.56 Å². The Kier molecular flexibility index (Phi) is 4.02. The number of hydrogen-bond donors (Lipinski definition) is 1. The number of carbonyl (C=O) groups is 2. The Morgan fingerprint density at radius 3 is 2.57 bits per heavy atom. The normalized spacial score (nSPS) is 18.1. The fourth-order valence-corrected chi connectivity index (χ4v) is 2.86. The molecule has 0 fully saturated rings. The predicted octanol–water partition coefficient (Wildman–Crippen LogP) is 3.41. The standard InChI is InChI=1S/C18H18N2O3/c1-12-16(13(2)21)17(15-9-6-10-23-15)19-18(22)20(12)11-14-7-4-3-5-8-14/h3-10,17H,11H2,1-2H3,(H,19,22). The largest absolute Gasteiger partial charge is 0.467 e. The highest BCUT2D eigenvalue weighted by atomic mass is 16.3. The SMILES string of the molecule is CC(=O)C1=C(C)N(Cc2ccccc2)C(=O)NC1c1ccco1. The highest BCUT2D eigenvalue weighted by molar-refractivity contribution is 5.98. The summed E-state index contributed by atoms with van der Waals surface area (Å²) in [6.45, 7) is 3.72. The van der Waals surface area contributed by atoms with E-state index in [1.54, 1.807) is 24.0 Å². The Hall–Kier alpha value is -2.82. The Bertz CT molecular complexity index is 748. The smallest absolute Gasteiger partial charge is 0.322 e. The first-order valence-electron chi connectivity index (χ1n) is 7.45. The quantitative estimate of drug-likeness (QED) is 0.941. The zero-order valence-corrected chi connectivity index (χ0v) is 13.1. The van der Waals surface area contributed by atoms with Crippen LogP contribution in [0.5, 0.6) is 0 Å². The van der Waals surface area contributed by atoms with Crippen LogP contribution in [0, 0.1) is 0 Å². The Morgan fingerprint density at radius 1 is 1.22 bits per heavy atom. The topological polar surface area (TPSA) is 62.6 Å². The Balaban J connectivity index is 1.99. The molecule has 1 aromatic heterocycles. The van der Waals surface area contributed by atoms with Crippen molar-refractivity contribution in [2.75, 3.05) is 0 Å². The first-order chi connectivity index (χ1) is 11.1. The van der Waals surface area contributed by atoms with Gasteiger partial charge in [0, 0.05) is 11.3 Å². The summed E-state index contributed by atoms with van der Waals surface area (Å²) >= 11 is 0. The molecule has 3 rings (SSSR count). The lowest BCUT2D eigenvalue weighted by Crippen LogP contribution is -2.47. The number of allylic oxidation sites excluding steroid dienone is 1.